The molecule has 0 radical (unpaired) electrons. The summed E-state index contributed by atoms with van der Waals surface area (Å²) >= 11 is 1.63. The van der Waals surface area contributed by atoms with Crippen molar-refractivity contribution in [2.24, 2.45) is 10.7 Å². The average molecular weight is 394 g/mol. The van der Waals surface area contributed by atoms with Gasteiger partial charge in [0.25, 0.3) is 0 Å². The maximum Gasteiger partial charge on any atom is 0.191 e. The predicted molar refractivity (Wildman–Crippen MR) is 106 cm³/mol. The van der Waals surface area contributed by atoms with Gasteiger partial charge in [-0.25, -0.2) is 13.4 Å². The number of rotatable bonds is 6. The van der Waals surface area contributed by atoms with Crippen molar-refractivity contribution in [2.75, 3.05) is 43.4 Å². The molecule has 26 heavy (non-hydrogen) atoms. The molecule has 0 amide bonds. The van der Waals surface area contributed by atoms with E-state index in [0.717, 1.165) is 31.3 Å². The molecule has 0 saturated carbocycles. The van der Waals surface area contributed by atoms with Gasteiger partial charge >= 0.3 is 0 Å². The minimum absolute atomic E-state index is 0.0750. The Kier molecular flexibility index (Phi) is 6.10. The van der Waals surface area contributed by atoms with Crippen LogP contribution in [0.3, 0.4) is 0 Å². The highest BCUT2D eigenvalue weighted by Gasteiger charge is 2.20. The quantitative estimate of drug-likeness (QED) is 0.454. The van der Waals surface area contributed by atoms with Gasteiger partial charge in [0.2, 0.25) is 0 Å². The third-order valence-corrected chi connectivity index (χ3v) is 6.89. The number of thiazole rings is 1. The molecule has 1 aromatic carbocycles. The number of aliphatic imine (C=N–C) groups is 1. The predicted octanol–water partition coefficient (Wildman–Crippen LogP) is 1.44. The molecule has 0 spiro atoms. The van der Waals surface area contributed by atoms with Crippen LogP contribution >= 0.6 is 11.3 Å². The summed E-state index contributed by atoms with van der Waals surface area (Å²) in [4.78, 5) is 13.3. The Bertz CT molecular complexity index is 814. The van der Waals surface area contributed by atoms with Crippen molar-refractivity contribution >= 4 is 32.3 Å². The first-order valence-corrected chi connectivity index (χ1v) is 11.1. The molecule has 1 saturated heterocycles. The van der Waals surface area contributed by atoms with E-state index < -0.39 is 9.84 Å². The Labute approximate surface area is 158 Å². The molecule has 0 atom stereocenters. The van der Waals surface area contributed by atoms with E-state index in [1.54, 1.807) is 41.7 Å². The minimum atomic E-state index is -3.25. The van der Waals surface area contributed by atoms with Crippen LogP contribution in [0.1, 0.15) is 6.42 Å². The molecule has 1 aliphatic heterocycles. The van der Waals surface area contributed by atoms with Crippen molar-refractivity contribution in [2.45, 2.75) is 11.3 Å². The Hall–Kier alpha value is -2.13. The summed E-state index contributed by atoms with van der Waals surface area (Å²) in [6, 6.07) is 8.50. The van der Waals surface area contributed by atoms with E-state index in [1.165, 1.54) is 0 Å². The fraction of sp³-hybridized carbons (Fsp3) is 0.412. The van der Waals surface area contributed by atoms with Gasteiger partial charge in [0.05, 0.1) is 10.6 Å². The minimum Gasteiger partial charge on any atom is -0.370 e. The summed E-state index contributed by atoms with van der Waals surface area (Å²) < 4.78 is 24.5. The maximum absolute atomic E-state index is 12.2. The van der Waals surface area contributed by atoms with Crippen LogP contribution in [0.25, 0.3) is 0 Å². The summed E-state index contributed by atoms with van der Waals surface area (Å²) in [5.74, 6) is 0.562. The number of hydrogen-bond acceptors (Lipinski definition) is 6. The zero-order valence-corrected chi connectivity index (χ0v) is 16.1. The van der Waals surface area contributed by atoms with Gasteiger partial charge in [-0.1, -0.05) is 18.2 Å². The van der Waals surface area contributed by atoms with E-state index in [0.29, 0.717) is 23.8 Å². The summed E-state index contributed by atoms with van der Waals surface area (Å²) in [5, 5.41) is 3.01. The van der Waals surface area contributed by atoms with Gasteiger partial charge in [-0.05, 0) is 18.6 Å². The van der Waals surface area contributed by atoms with Crippen LogP contribution in [0.4, 0.5) is 5.13 Å². The second-order valence-electron chi connectivity index (χ2n) is 6.01. The zero-order valence-electron chi connectivity index (χ0n) is 14.5. The third-order valence-electron chi connectivity index (χ3n) is 4.24. The zero-order chi connectivity index (χ0) is 18.4. The summed E-state index contributed by atoms with van der Waals surface area (Å²) in [7, 11) is -3.25. The van der Waals surface area contributed by atoms with Crippen LogP contribution in [-0.4, -0.2) is 62.7 Å². The highest BCUT2D eigenvalue weighted by molar-refractivity contribution is 7.91. The van der Waals surface area contributed by atoms with E-state index in [1.807, 2.05) is 16.5 Å². The maximum atomic E-state index is 12.2. The fourth-order valence-electron chi connectivity index (χ4n) is 2.79. The van der Waals surface area contributed by atoms with Gasteiger partial charge in [-0.2, -0.15) is 0 Å². The lowest BCUT2D eigenvalue weighted by atomic mass is 10.3. The van der Waals surface area contributed by atoms with Crippen molar-refractivity contribution in [3.8, 4) is 0 Å². The first-order valence-electron chi connectivity index (χ1n) is 8.53. The largest absolute Gasteiger partial charge is 0.370 e. The van der Waals surface area contributed by atoms with Gasteiger partial charge in [-0.3, -0.25) is 4.99 Å². The van der Waals surface area contributed by atoms with Crippen molar-refractivity contribution < 1.29 is 8.42 Å². The summed E-state index contributed by atoms with van der Waals surface area (Å²) in [6.45, 7) is 3.69. The van der Waals surface area contributed by atoms with Crippen molar-refractivity contribution in [1.29, 1.82) is 0 Å². The first kappa shape index (κ1) is 18.7. The first-order chi connectivity index (χ1) is 12.6. The molecule has 2 heterocycles. The Morgan fingerprint density at radius 2 is 1.92 bits per heavy atom. The van der Waals surface area contributed by atoms with Gasteiger partial charge in [0.15, 0.2) is 20.9 Å². The molecule has 0 bridgehead atoms. The van der Waals surface area contributed by atoms with Crippen LogP contribution in [0.2, 0.25) is 0 Å². The molecule has 1 aliphatic rings. The molecule has 9 heteroatoms. The SMILES string of the molecule is NC(=NCCCS(=O)(=O)c1ccccc1)N1CCN(c2nccs2)CC1. The lowest BCUT2D eigenvalue weighted by Crippen LogP contribution is -2.51. The lowest BCUT2D eigenvalue weighted by Gasteiger charge is -2.35. The van der Waals surface area contributed by atoms with E-state index >= 15 is 0 Å². The molecule has 1 aromatic heterocycles. The molecule has 0 aliphatic carbocycles. The number of sulfone groups is 1. The second-order valence-corrected chi connectivity index (χ2v) is 9.00. The van der Waals surface area contributed by atoms with Crippen molar-refractivity contribution in [3.05, 3.63) is 41.9 Å². The van der Waals surface area contributed by atoms with E-state index in [9.17, 15) is 8.42 Å². The Morgan fingerprint density at radius 3 is 2.58 bits per heavy atom. The van der Waals surface area contributed by atoms with Crippen molar-refractivity contribution in [3.63, 3.8) is 0 Å². The highest BCUT2D eigenvalue weighted by Crippen LogP contribution is 2.18. The van der Waals surface area contributed by atoms with Crippen LogP contribution in [0.15, 0.2) is 51.8 Å². The topological polar surface area (TPSA) is 91.9 Å². The summed E-state index contributed by atoms with van der Waals surface area (Å²) in [6.07, 6.45) is 2.27. The van der Waals surface area contributed by atoms with Gasteiger partial charge in [0.1, 0.15) is 0 Å². The van der Waals surface area contributed by atoms with E-state index in [-0.39, 0.29) is 5.75 Å². The Balaban J connectivity index is 1.44. The summed E-state index contributed by atoms with van der Waals surface area (Å²) in [5.41, 5.74) is 6.07. The number of guanidine groups is 1. The number of benzene rings is 1. The van der Waals surface area contributed by atoms with Gasteiger partial charge in [-0.15, -0.1) is 11.3 Å². The van der Waals surface area contributed by atoms with Crippen LogP contribution in [0.5, 0.6) is 0 Å². The highest BCUT2D eigenvalue weighted by atomic mass is 32.2. The number of piperazine rings is 1. The van der Waals surface area contributed by atoms with E-state index in [4.69, 9.17) is 5.73 Å². The molecule has 2 N–H and O–H groups in total. The molecule has 7 nitrogen and oxygen atoms in total. The smallest absolute Gasteiger partial charge is 0.191 e. The molecule has 0 unspecified atom stereocenters. The molecule has 1 fully saturated rings. The number of nitrogens with zero attached hydrogens (tertiary/aromatic N) is 4. The third kappa shape index (κ3) is 4.73. The number of hydrogen-bond donors (Lipinski definition) is 1. The lowest BCUT2D eigenvalue weighted by molar-refractivity contribution is 0.380. The fourth-order valence-corrected chi connectivity index (χ4v) is 4.81. The van der Waals surface area contributed by atoms with Crippen LogP contribution in [-0.2, 0) is 9.84 Å². The Morgan fingerprint density at radius 1 is 1.19 bits per heavy atom. The molecule has 2 aromatic rings. The normalized spacial score (nSPS) is 16.1. The molecular formula is C17H23N5O2S2. The number of nitrogens with two attached hydrogens (primary N) is 1. The van der Waals surface area contributed by atoms with Gasteiger partial charge in [0, 0.05) is 44.3 Å². The molecule has 3 rings (SSSR count). The van der Waals surface area contributed by atoms with Crippen LogP contribution < -0.4 is 10.6 Å². The second kappa shape index (κ2) is 8.50. The monoisotopic (exact) mass is 393 g/mol. The van der Waals surface area contributed by atoms with E-state index in [2.05, 4.69) is 14.9 Å². The van der Waals surface area contributed by atoms with Gasteiger partial charge < -0.3 is 15.5 Å². The van der Waals surface area contributed by atoms with Crippen LogP contribution in [0, 0.1) is 0 Å². The standard InChI is InChI=1S/C17H23N5O2S2/c18-16(21-9-11-22(12-10-21)17-20-8-13-25-17)19-7-4-14-26(23,24)15-5-2-1-3-6-15/h1-3,5-6,8,13H,4,7,9-12,14H2,(H2,18,19). The number of aromatic nitrogens is 1. The average Bonchev–Trinajstić information content (AvgIpc) is 3.21. The van der Waals surface area contributed by atoms with Crippen molar-refractivity contribution in [1.82, 2.24) is 9.88 Å². The molecular weight excluding hydrogens is 370 g/mol. The molecule has 140 valence electrons. The number of anilines is 1.